The summed E-state index contributed by atoms with van der Waals surface area (Å²) in [6.07, 6.45) is 6.53. The first-order valence-electron chi connectivity index (χ1n) is 11.5. The van der Waals surface area contributed by atoms with Crippen molar-refractivity contribution in [1.29, 1.82) is 0 Å². The first kappa shape index (κ1) is 23.9. The predicted molar refractivity (Wildman–Crippen MR) is 119 cm³/mol. The Bertz CT molecular complexity index is 693. The first-order valence-corrected chi connectivity index (χ1v) is 11.5. The molecule has 0 unspecified atom stereocenters. The molecule has 0 aliphatic carbocycles. The zero-order chi connectivity index (χ0) is 21.8. The number of nitrogens with one attached hydrogen (secondary N) is 1. The standard InChI is InChI=1S/C24H37N3O3/c1-3-14-26(15-4-2)23(29)13-9-12-22(28)25-19-20-10-8-11-21(18-20)24(30)27-16-6-5-7-17-27/h8,10-11,18H,3-7,9,12-17,19H2,1-2H3,(H,25,28). The van der Waals surface area contributed by atoms with Gasteiger partial charge in [0.2, 0.25) is 11.8 Å². The second kappa shape index (κ2) is 13.0. The zero-order valence-electron chi connectivity index (χ0n) is 18.6. The van der Waals surface area contributed by atoms with Gasteiger partial charge in [0.25, 0.3) is 5.91 Å². The molecule has 0 saturated carbocycles. The van der Waals surface area contributed by atoms with E-state index < -0.39 is 0 Å². The maximum atomic E-state index is 12.6. The quantitative estimate of drug-likeness (QED) is 0.598. The second-order valence-corrected chi connectivity index (χ2v) is 8.06. The minimum Gasteiger partial charge on any atom is -0.352 e. The van der Waals surface area contributed by atoms with Gasteiger partial charge in [0.15, 0.2) is 0 Å². The number of benzene rings is 1. The molecule has 1 aliphatic heterocycles. The third-order valence-electron chi connectivity index (χ3n) is 5.44. The Balaban J connectivity index is 1.75. The van der Waals surface area contributed by atoms with Crippen LogP contribution in [0.1, 0.15) is 81.1 Å². The van der Waals surface area contributed by atoms with Crippen LogP contribution < -0.4 is 5.32 Å². The van der Waals surface area contributed by atoms with E-state index in [9.17, 15) is 14.4 Å². The Morgan fingerprint density at radius 3 is 2.37 bits per heavy atom. The highest BCUT2D eigenvalue weighted by Gasteiger charge is 2.18. The molecule has 30 heavy (non-hydrogen) atoms. The Morgan fingerprint density at radius 1 is 1.00 bits per heavy atom. The van der Waals surface area contributed by atoms with Gasteiger partial charge in [-0.05, 0) is 56.2 Å². The lowest BCUT2D eigenvalue weighted by Crippen LogP contribution is -2.35. The molecule has 0 bridgehead atoms. The van der Waals surface area contributed by atoms with Crippen LogP contribution in [0, 0.1) is 0 Å². The van der Waals surface area contributed by atoms with E-state index in [0.717, 1.165) is 57.4 Å². The van der Waals surface area contributed by atoms with Crippen LogP contribution in [0.5, 0.6) is 0 Å². The fourth-order valence-corrected chi connectivity index (χ4v) is 3.84. The highest BCUT2D eigenvalue weighted by Crippen LogP contribution is 2.14. The molecule has 6 heteroatoms. The molecule has 166 valence electrons. The van der Waals surface area contributed by atoms with E-state index in [-0.39, 0.29) is 17.7 Å². The van der Waals surface area contributed by atoms with Crippen molar-refractivity contribution in [3.63, 3.8) is 0 Å². The van der Waals surface area contributed by atoms with Crippen LogP contribution in [-0.2, 0) is 16.1 Å². The lowest BCUT2D eigenvalue weighted by atomic mass is 10.1. The molecule has 1 aromatic carbocycles. The van der Waals surface area contributed by atoms with Crippen LogP contribution in [0.25, 0.3) is 0 Å². The van der Waals surface area contributed by atoms with E-state index >= 15 is 0 Å². The van der Waals surface area contributed by atoms with E-state index in [1.807, 2.05) is 34.1 Å². The van der Waals surface area contributed by atoms with Gasteiger partial charge in [0, 0.05) is 51.1 Å². The van der Waals surface area contributed by atoms with Crippen LogP contribution in [0.3, 0.4) is 0 Å². The number of carbonyl (C=O) groups excluding carboxylic acids is 3. The average molecular weight is 416 g/mol. The molecule has 6 nitrogen and oxygen atoms in total. The number of rotatable bonds is 11. The summed E-state index contributed by atoms with van der Waals surface area (Å²) in [5.74, 6) is 0.147. The van der Waals surface area contributed by atoms with Crippen LogP contribution in [0.4, 0.5) is 0 Å². The summed E-state index contributed by atoms with van der Waals surface area (Å²) in [7, 11) is 0. The minimum atomic E-state index is -0.0620. The van der Waals surface area contributed by atoms with Crippen molar-refractivity contribution in [2.75, 3.05) is 26.2 Å². The number of nitrogens with zero attached hydrogens (tertiary/aromatic N) is 2. The largest absolute Gasteiger partial charge is 0.352 e. The van der Waals surface area contributed by atoms with Crippen molar-refractivity contribution in [1.82, 2.24) is 15.1 Å². The fraction of sp³-hybridized carbons (Fsp3) is 0.625. The maximum Gasteiger partial charge on any atom is 0.253 e. The molecule has 1 aliphatic rings. The highest BCUT2D eigenvalue weighted by molar-refractivity contribution is 5.94. The summed E-state index contributed by atoms with van der Waals surface area (Å²) in [5, 5.41) is 2.91. The molecular weight excluding hydrogens is 378 g/mol. The third kappa shape index (κ3) is 7.81. The Morgan fingerprint density at radius 2 is 1.70 bits per heavy atom. The molecule has 3 amide bonds. The summed E-state index contributed by atoms with van der Waals surface area (Å²) < 4.78 is 0. The summed E-state index contributed by atoms with van der Waals surface area (Å²) in [4.78, 5) is 40.9. The van der Waals surface area contributed by atoms with Gasteiger partial charge < -0.3 is 15.1 Å². The molecule has 0 atom stereocenters. The van der Waals surface area contributed by atoms with Gasteiger partial charge in [-0.1, -0.05) is 26.0 Å². The molecule has 2 rings (SSSR count). The van der Waals surface area contributed by atoms with Gasteiger partial charge in [0.05, 0.1) is 0 Å². The van der Waals surface area contributed by atoms with E-state index in [4.69, 9.17) is 0 Å². The van der Waals surface area contributed by atoms with Crippen LogP contribution in [-0.4, -0.2) is 53.7 Å². The number of amides is 3. The highest BCUT2D eigenvalue weighted by atomic mass is 16.2. The first-order chi connectivity index (χ1) is 14.5. The molecule has 1 heterocycles. The van der Waals surface area contributed by atoms with Crippen molar-refractivity contribution < 1.29 is 14.4 Å². The SMILES string of the molecule is CCCN(CCC)C(=O)CCCC(=O)NCc1cccc(C(=O)N2CCCCC2)c1. The smallest absolute Gasteiger partial charge is 0.253 e. The normalized spacial score (nSPS) is 13.7. The van der Waals surface area contributed by atoms with Crippen LogP contribution in [0.15, 0.2) is 24.3 Å². The zero-order valence-corrected chi connectivity index (χ0v) is 18.6. The number of hydrogen-bond donors (Lipinski definition) is 1. The van der Waals surface area contributed by atoms with Gasteiger partial charge in [-0.2, -0.15) is 0 Å². The predicted octanol–water partition coefficient (Wildman–Crippen LogP) is 3.75. The molecule has 0 aromatic heterocycles. The average Bonchev–Trinajstić information content (AvgIpc) is 2.77. The number of carbonyl (C=O) groups is 3. The van der Waals surface area contributed by atoms with Crippen molar-refractivity contribution >= 4 is 17.7 Å². The molecule has 1 saturated heterocycles. The van der Waals surface area contributed by atoms with Crippen LogP contribution >= 0.6 is 0 Å². The Labute approximate surface area is 181 Å². The summed E-state index contributed by atoms with van der Waals surface area (Å²) in [6.45, 7) is 7.75. The molecule has 1 N–H and O–H groups in total. The van der Waals surface area contributed by atoms with Gasteiger partial charge in [0.1, 0.15) is 0 Å². The van der Waals surface area contributed by atoms with Gasteiger partial charge >= 0.3 is 0 Å². The summed E-state index contributed by atoms with van der Waals surface area (Å²) in [5.41, 5.74) is 1.60. The van der Waals surface area contributed by atoms with Crippen molar-refractivity contribution in [2.24, 2.45) is 0 Å². The fourth-order valence-electron chi connectivity index (χ4n) is 3.84. The van der Waals surface area contributed by atoms with Crippen molar-refractivity contribution in [3.05, 3.63) is 35.4 Å². The molecule has 1 aromatic rings. The number of hydrogen-bond acceptors (Lipinski definition) is 3. The van der Waals surface area contributed by atoms with Gasteiger partial charge in [-0.3, -0.25) is 14.4 Å². The number of piperidine rings is 1. The van der Waals surface area contributed by atoms with Gasteiger partial charge in [-0.25, -0.2) is 0 Å². The molecular formula is C24H37N3O3. The second-order valence-electron chi connectivity index (χ2n) is 8.06. The maximum absolute atomic E-state index is 12.6. The van der Waals surface area contributed by atoms with E-state index in [1.54, 1.807) is 0 Å². The van der Waals surface area contributed by atoms with E-state index in [0.29, 0.717) is 31.4 Å². The van der Waals surface area contributed by atoms with Crippen molar-refractivity contribution in [3.8, 4) is 0 Å². The van der Waals surface area contributed by atoms with Gasteiger partial charge in [-0.15, -0.1) is 0 Å². The van der Waals surface area contributed by atoms with E-state index in [1.165, 1.54) is 6.42 Å². The molecule has 0 radical (unpaired) electrons. The summed E-state index contributed by atoms with van der Waals surface area (Å²) >= 11 is 0. The topological polar surface area (TPSA) is 69.7 Å². The Kier molecular flexibility index (Phi) is 10.4. The monoisotopic (exact) mass is 415 g/mol. The molecule has 0 spiro atoms. The number of likely N-dealkylation sites (tertiary alicyclic amines) is 1. The lowest BCUT2D eigenvalue weighted by Gasteiger charge is -2.26. The third-order valence-corrected chi connectivity index (χ3v) is 5.44. The van der Waals surface area contributed by atoms with Crippen molar-refractivity contribution in [2.45, 2.75) is 71.8 Å². The van der Waals surface area contributed by atoms with E-state index in [2.05, 4.69) is 19.2 Å². The lowest BCUT2D eigenvalue weighted by molar-refractivity contribution is -0.131. The van der Waals surface area contributed by atoms with Crippen LogP contribution in [0.2, 0.25) is 0 Å². The summed E-state index contributed by atoms with van der Waals surface area (Å²) in [6, 6.07) is 7.50. The molecule has 1 fully saturated rings. The minimum absolute atomic E-state index is 0.0620. The Hall–Kier alpha value is -2.37.